The molecule has 1 rings (SSSR count). The maximum absolute atomic E-state index is 12.4. The number of aliphatic imine (C=N–C) groups is 1. The maximum Gasteiger partial charge on any atom is 0.434 e. The third kappa shape index (κ3) is 6.00. The summed E-state index contributed by atoms with van der Waals surface area (Å²) in [5, 5.41) is 7.43. The van der Waals surface area contributed by atoms with Gasteiger partial charge in [-0.2, -0.15) is 24.9 Å². The summed E-state index contributed by atoms with van der Waals surface area (Å²) in [6.45, 7) is 0.995. The minimum atomic E-state index is -4.38. The lowest BCUT2D eigenvalue weighted by Gasteiger charge is -2.10. The zero-order chi connectivity index (χ0) is 15.0. The largest absolute Gasteiger partial charge is 0.434 e. The van der Waals surface area contributed by atoms with Gasteiger partial charge in [0, 0.05) is 19.0 Å². The van der Waals surface area contributed by atoms with Crippen LogP contribution in [0, 0.1) is 0 Å². The van der Waals surface area contributed by atoms with Gasteiger partial charge in [-0.15, -0.1) is 11.3 Å². The Labute approximate surface area is 124 Å². The Morgan fingerprint density at radius 1 is 1.45 bits per heavy atom. The van der Waals surface area contributed by atoms with Crippen molar-refractivity contribution >= 4 is 29.1 Å². The molecule has 0 spiro atoms. The molecule has 0 saturated carbocycles. The standard InChI is InChI=1S/C11H17F3N4S2/c1-15-10(16-4-3-5-19-2)17-6-9-18-8(7-20-9)11(12,13)14/h7H,3-6H2,1-2H3,(H2,15,16,17). The second-order valence-corrected chi connectivity index (χ2v) is 5.75. The van der Waals surface area contributed by atoms with E-state index < -0.39 is 11.9 Å². The highest BCUT2D eigenvalue weighted by Gasteiger charge is 2.33. The van der Waals surface area contributed by atoms with E-state index in [4.69, 9.17) is 0 Å². The van der Waals surface area contributed by atoms with Gasteiger partial charge in [0.1, 0.15) is 5.01 Å². The number of halogens is 3. The van der Waals surface area contributed by atoms with Gasteiger partial charge in [0.05, 0.1) is 6.54 Å². The first-order valence-electron chi connectivity index (χ1n) is 5.92. The highest BCUT2D eigenvalue weighted by atomic mass is 32.2. The van der Waals surface area contributed by atoms with Crippen LogP contribution >= 0.6 is 23.1 Å². The van der Waals surface area contributed by atoms with Crippen LogP contribution in [0.5, 0.6) is 0 Å². The molecule has 1 aromatic rings. The fraction of sp³-hybridized carbons (Fsp3) is 0.636. The van der Waals surface area contributed by atoms with E-state index in [0.29, 0.717) is 11.0 Å². The summed E-state index contributed by atoms with van der Waals surface area (Å²) in [5.74, 6) is 1.61. The van der Waals surface area contributed by atoms with Gasteiger partial charge in [-0.1, -0.05) is 0 Å². The van der Waals surface area contributed by atoms with Crippen molar-refractivity contribution in [1.82, 2.24) is 15.6 Å². The predicted octanol–water partition coefficient (Wildman–Crippen LogP) is 2.58. The Morgan fingerprint density at radius 3 is 2.75 bits per heavy atom. The van der Waals surface area contributed by atoms with E-state index >= 15 is 0 Å². The molecular weight excluding hydrogens is 309 g/mol. The quantitative estimate of drug-likeness (QED) is 0.479. The summed E-state index contributed by atoms with van der Waals surface area (Å²) in [6.07, 6.45) is -1.35. The lowest BCUT2D eigenvalue weighted by Crippen LogP contribution is -2.37. The summed E-state index contributed by atoms with van der Waals surface area (Å²) in [6, 6.07) is 0. The van der Waals surface area contributed by atoms with E-state index in [2.05, 4.69) is 20.6 Å². The third-order valence-corrected chi connectivity index (χ3v) is 3.84. The fourth-order valence-electron chi connectivity index (χ4n) is 1.33. The number of alkyl halides is 3. The molecular formula is C11H17F3N4S2. The Bertz CT molecular complexity index is 432. The Morgan fingerprint density at radius 2 is 2.20 bits per heavy atom. The van der Waals surface area contributed by atoms with Gasteiger partial charge in [-0.05, 0) is 18.4 Å². The van der Waals surface area contributed by atoms with Gasteiger partial charge in [0.2, 0.25) is 0 Å². The molecule has 9 heteroatoms. The minimum Gasteiger partial charge on any atom is -0.356 e. The van der Waals surface area contributed by atoms with E-state index in [-0.39, 0.29) is 6.54 Å². The van der Waals surface area contributed by atoms with Crippen LogP contribution in [-0.4, -0.2) is 36.5 Å². The number of hydrogen-bond donors (Lipinski definition) is 2. The number of nitrogens with zero attached hydrogens (tertiary/aromatic N) is 2. The molecule has 114 valence electrons. The average Bonchev–Trinajstić information content (AvgIpc) is 2.87. The zero-order valence-electron chi connectivity index (χ0n) is 11.3. The number of hydrogen-bond acceptors (Lipinski definition) is 4. The molecule has 0 fully saturated rings. The van der Waals surface area contributed by atoms with Gasteiger partial charge < -0.3 is 10.6 Å². The van der Waals surface area contributed by atoms with Gasteiger partial charge >= 0.3 is 6.18 Å². The maximum atomic E-state index is 12.4. The van der Waals surface area contributed by atoms with Gasteiger partial charge in [0.15, 0.2) is 11.7 Å². The first-order chi connectivity index (χ1) is 9.47. The van der Waals surface area contributed by atoms with Crippen LogP contribution in [0.25, 0.3) is 0 Å². The number of nitrogens with one attached hydrogen (secondary N) is 2. The molecule has 0 atom stereocenters. The molecule has 0 aromatic carbocycles. The Kier molecular flexibility index (Phi) is 7.14. The van der Waals surface area contributed by atoms with Crippen LogP contribution in [0.3, 0.4) is 0 Å². The van der Waals surface area contributed by atoms with Crippen molar-refractivity contribution in [3.05, 3.63) is 16.1 Å². The number of thioether (sulfide) groups is 1. The van der Waals surface area contributed by atoms with Gasteiger partial charge in [0.25, 0.3) is 0 Å². The highest BCUT2D eigenvalue weighted by Crippen LogP contribution is 2.29. The molecule has 1 heterocycles. The van der Waals surface area contributed by atoms with Crippen LogP contribution in [0.1, 0.15) is 17.1 Å². The Balaban J connectivity index is 2.39. The third-order valence-electron chi connectivity index (χ3n) is 2.29. The minimum absolute atomic E-state index is 0.225. The first-order valence-corrected chi connectivity index (χ1v) is 8.19. The second-order valence-electron chi connectivity index (χ2n) is 3.82. The van der Waals surface area contributed by atoms with Crippen molar-refractivity contribution in [3.63, 3.8) is 0 Å². The molecule has 2 N–H and O–H groups in total. The molecule has 4 nitrogen and oxygen atoms in total. The van der Waals surface area contributed by atoms with E-state index in [1.165, 1.54) is 0 Å². The summed E-state index contributed by atoms with van der Waals surface area (Å²) in [7, 11) is 1.62. The number of guanidine groups is 1. The smallest absolute Gasteiger partial charge is 0.356 e. The first kappa shape index (κ1) is 17.1. The Hall–Kier alpha value is -0.960. The van der Waals surface area contributed by atoms with Crippen LogP contribution < -0.4 is 10.6 Å². The van der Waals surface area contributed by atoms with E-state index in [1.54, 1.807) is 18.8 Å². The summed E-state index contributed by atoms with van der Waals surface area (Å²) in [4.78, 5) is 7.54. The van der Waals surface area contributed by atoms with E-state index in [1.807, 2.05) is 6.26 Å². The second kappa shape index (κ2) is 8.35. The number of rotatable bonds is 6. The fourth-order valence-corrected chi connectivity index (χ4v) is 2.50. The van der Waals surface area contributed by atoms with Crippen molar-refractivity contribution in [2.45, 2.75) is 19.1 Å². The lowest BCUT2D eigenvalue weighted by molar-refractivity contribution is -0.140. The molecule has 0 aliphatic rings. The lowest BCUT2D eigenvalue weighted by atomic mass is 10.5. The molecule has 0 bridgehead atoms. The van der Waals surface area contributed by atoms with Crippen molar-refractivity contribution < 1.29 is 13.2 Å². The predicted molar refractivity (Wildman–Crippen MR) is 78.3 cm³/mol. The van der Waals surface area contributed by atoms with E-state index in [0.717, 1.165) is 35.4 Å². The summed E-state index contributed by atoms with van der Waals surface area (Å²) >= 11 is 2.74. The SMILES string of the molecule is CN=C(NCCCSC)NCc1nc(C(F)(F)F)cs1. The number of thiazole rings is 1. The molecule has 20 heavy (non-hydrogen) atoms. The molecule has 0 aliphatic carbocycles. The van der Waals surface area contributed by atoms with Crippen LogP contribution in [0.4, 0.5) is 13.2 Å². The summed E-state index contributed by atoms with van der Waals surface area (Å²) < 4.78 is 37.2. The average molecular weight is 326 g/mol. The van der Waals surface area contributed by atoms with Crippen molar-refractivity contribution in [1.29, 1.82) is 0 Å². The molecule has 0 unspecified atom stereocenters. The monoisotopic (exact) mass is 326 g/mol. The van der Waals surface area contributed by atoms with Gasteiger partial charge in [-0.3, -0.25) is 4.99 Å². The van der Waals surface area contributed by atoms with Crippen LogP contribution in [-0.2, 0) is 12.7 Å². The molecule has 0 radical (unpaired) electrons. The van der Waals surface area contributed by atoms with Crippen LogP contribution in [0.2, 0.25) is 0 Å². The zero-order valence-corrected chi connectivity index (χ0v) is 12.9. The van der Waals surface area contributed by atoms with Gasteiger partial charge in [-0.25, -0.2) is 4.98 Å². The van der Waals surface area contributed by atoms with E-state index in [9.17, 15) is 13.2 Å². The van der Waals surface area contributed by atoms with Crippen molar-refractivity contribution in [2.24, 2.45) is 4.99 Å². The number of aromatic nitrogens is 1. The molecule has 0 aliphatic heterocycles. The normalized spacial score (nSPS) is 12.6. The molecule has 0 saturated heterocycles. The van der Waals surface area contributed by atoms with Crippen molar-refractivity contribution in [2.75, 3.05) is 25.6 Å². The highest BCUT2D eigenvalue weighted by molar-refractivity contribution is 7.98. The van der Waals surface area contributed by atoms with Crippen LogP contribution in [0.15, 0.2) is 10.4 Å². The topological polar surface area (TPSA) is 49.3 Å². The molecule has 0 amide bonds. The summed E-state index contributed by atoms with van der Waals surface area (Å²) in [5.41, 5.74) is -0.845. The van der Waals surface area contributed by atoms with Crippen molar-refractivity contribution in [3.8, 4) is 0 Å². The molecule has 1 aromatic heterocycles.